The Labute approximate surface area is 154 Å². The minimum absolute atomic E-state index is 0.0568. The Hall–Kier alpha value is -2.82. The van der Waals surface area contributed by atoms with Crippen LogP contribution in [0.25, 0.3) is 0 Å². The van der Waals surface area contributed by atoms with Crippen LogP contribution in [-0.2, 0) is 17.9 Å². The van der Waals surface area contributed by atoms with Gasteiger partial charge < -0.3 is 15.0 Å². The number of fused-ring (bicyclic) bond motifs is 1. The fourth-order valence-corrected chi connectivity index (χ4v) is 3.28. The van der Waals surface area contributed by atoms with Gasteiger partial charge in [-0.3, -0.25) is 9.59 Å². The van der Waals surface area contributed by atoms with E-state index < -0.39 is 6.04 Å². The van der Waals surface area contributed by atoms with E-state index >= 15 is 0 Å². The standard InChI is InChI=1S/C21H24N2O3/c1-3-6-19(23-14-16-7-4-5-8-18(16)21(23)25)20(24)22-13-15-9-11-17(26-2)12-10-15/h4-5,7-12,19H,3,6,13-14H2,1-2H3,(H,22,24)/t19-/m0/s1. The van der Waals surface area contributed by atoms with Gasteiger partial charge in [-0.25, -0.2) is 0 Å². The molecule has 1 N–H and O–H groups in total. The fraction of sp³-hybridized carbons (Fsp3) is 0.333. The molecule has 0 unspecified atom stereocenters. The highest BCUT2D eigenvalue weighted by Crippen LogP contribution is 2.26. The van der Waals surface area contributed by atoms with Gasteiger partial charge in [0.1, 0.15) is 11.8 Å². The van der Waals surface area contributed by atoms with Crippen molar-refractivity contribution in [2.45, 2.75) is 38.9 Å². The lowest BCUT2D eigenvalue weighted by Gasteiger charge is -2.26. The number of nitrogens with zero attached hydrogens (tertiary/aromatic N) is 1. The zero-order chi connectivity index (χ0) is 18.5. The summed E-state index contributed by atoms with van der Waals surface area (Å²) in [5.41, 5.74) is 2.68. The first-order valence-electron chi connectivity index (χ1n) is 8.93. The number of ether oxygens (including phenoxy) is 1. The van der Waals surface area contributed by atoms with Crippen molar-refractivity contribution in [2.75, 3.05) is 7.11 Å². The van der Waals surface area contributed by atoms with E-state index in [0.29, 0.717) is 25.1 Å². The Morgan fingerprint density at radius 2 is 1.92 bits per heavy atom. The summed E-state index contributed by atoms with van der Waals surface area (Å²) in [7, 11) is 1.62. The summed E-state index contributed by atoms with van der Waals surface area (Å²) in [5, 5.41) is 2.97. The second-order valence-electron chi connectivity index (χ2n) is 6.46. The maximum Gasteiger partial charge on any atom is 0.255 e. The van der Waals surface area contributed by atoms with Crippen LogP contribution < -0.4 is 10.1 Å². The molecule has 1 heterocycles. The van der Waals surface area contributed by atoms with Crippen molar-refractivity contribution in [2.24, 2.45) is 0 Å². The molecule has 0 radical (unpaired) electrons. The monoisotopic (exact) mass is 352 g/mol. The Morgan fingerprint density at radius 3 is 2.58 bits per heavy atom. The molecule has 2 amide bonds. The summed E-state index contributed by atoms with van der Waals surface area (Å²) in [5.74, 6) is 0.617. The predicted octanol–water partition coefficient (Wildman–Crippen LogP) is 3.14. The number of hydrogen-bond donors (Lipinski definition) is 1. The van der Waals surface area contributed by atoms with E-state index in [1.807, 2.05) is 55.5 Å². The van der Waals surface area contributed by atoms with E-state index in [1.54, 1.807) is 12.0 Å². The van der Waals surface area contributed by atoms with E-state index in [0.717, 1.165) is 23.3 Å². The lowest BCUT2D eigenvalue weighted by molar-refractivity contribution is -0.126. The van der Waals surface area contributed by atoms with Crippen LogP contribution in [0, 0.1) is 0 Å². The number of methoxy groups -OCH3 is 1. The first kappa shape index (κ1) is 18.0. The molecule has 5 nitrogen and oxygen atoms in total. The van der Waals surface area contributed by atoms with Crippen molar-refractivity contribution in [1.82, 2.24) is 10.2 Å². The summed E-state index contributed by atoms with van der Waals surface area (Å²) in [4.78, 5) is 27.2. The molecule has 3 rings (SSSR count). The molecule has 5 heteroatoms. The van der Waals surface area contributed by atoms with E-state index in [9.17, 15) is 9.59 Å². The van der Waals surface area contributed by atoms with Crippen molar-refractivity contribution in [1.29, 1.82) is 0 Å². The summed E-state index contributed by atoms with van der Waals surface area (Å²) >= 11 is 0. The second-order valence-corrected chi connectivity index (χ2v) is 6.46. The third-order valence-electron chi connectivity index (χ3n) is 4.72. The minimum atomic E-state index is -0.446. The van der Waals surface area contributed by atoms with Crippen molar-refractivity contribution >= 4 is 11.8 Å². The molecule has 26 heavy (non-hydrogen) atoms. The van der Waals surface area contributed by atoms with Crippen LogP contribution in [0.2, 0.25) is 0 Å². The highest BCUT2D eigenvalue weighted by atomic mass is 16.5. The molecular weight excluding hydrogens is 328 g/mol. The normalized spacial score (nSPS) is 14.1. The molecular formula is C21H24N2O3. The molecule has 1 aliphatic rings. The molecule has 0 spiro atoms. The van der Waals surface area contributed by atoms with Gasteiger partial charge in [0.25, 0.3) is 5.91 Å². The van der Waals surface area contributed by atoms with E-state index in [2.05, 4.69) is 5.32 Å². The first-order valence-corrected chi connectivity index (χ1v) is 8.93. The van der Waals surface area contributed by atoms with E-state index in [-0.39, 0.29) is 11.8 Å². The van der Waals surface area contributed by atoms with Crippen molar-refractivity contribution in [3.05, 3.63) is 65.2 Å². The highest BCUT2D eigenvalue weighted by Gasteiger charge is 2.35. The van der Waals surface area contributed by atoms with Crippen molar-refractivity contribution in [3.8, 4) is 5.75 Å². The first-order chi connectivity index (χ1) is 12.6. The zero-order valence-electron chi connectivity index (χ0n) is 15.2. The predicted molar refractivity (Wildman–Crippen MR) is 99.9 cm³/mol. The number of carbonyl (C=O) groups excluding carboxylic acids is 2. The van der Waals surface area contributed by atoms with Crippen LogP contribution in [0.3, 0.4) is 0 Å². The lowest BCUT2D eigenvalue weighted by atomic mass is 10.1. The summed E-state index contributed by atoms with van der Waals surface area (Å²) in [6, 6.07) is 14.7. The number of nitrogens with one attached hydrogen (secondary N) is 1. The number of rotatable bonds is 7. The maximum atomic E-state index is 12.8. The van der Waals surface area contributed by atoms with Crippen LogP contribution in [-0.4, -0.2) is 29.9 Å². The van der Waals surface area contributed by atoms with Gasteiger partial charge in [-0.1, -0.05) is 43.7 Å². The van der Waals surface area contributed by atoms with Gasteiger partial charge in [0.2, 0.25) is 5.91 Å². The van der Waals surface area contributed by atoms with Gasteiger partial charge in [-0.15, -0.1) is 0 Å². The molecule has 1 atom stereocenters. The molecule has 136 valence electrons. The Kier molecular flexibility index (Phi) is 5.56. The Bertz CT molecular complexity index is 786. The van der Waals surface area contributed by atoms with Gasteiger partial charge in [0, 0.05) is 18.7 Å². The van der Waals surface area contributed by atoms with Gasteiger partial charge in [0.15, 0.2) is 0 Å². The maximum absolute atomic E-state index is 12.8. The highest BCUT2D eigenvalue weighted by molar-refractivity contribution is 6.01. The third-order valence-corrected chi connectivity index (χ3v) is 4.72. The second kappa shape index (κ2) is 8.04. The number of hydrogen-bond acceptors (Lipinski definition) is 3. The van der Waals surface area contributed by atoms with Crippen LogP contribution >= 0.6 is 0 Å². The van der Waals surface area contributed by atoms with Crippen LogP contribution in [0.15, 0.2) is 48.5 Å². The lowest BCUT2D eigenvalue weighted by Crippen LogP contribution is -2.46. The SMILES string of the molecule is CCC[C@@H](C(=O)NCc1ccc(OC)cc1)N1Cc2ccccc2C1=O. The number of carbonyl (C=O) groups is 2. The molecule has 0 fully saturated rings. The molecule has 0 bridgehead atoms. The summed E-state index contributed by atoms with van der Waals surface area (Å²) < 4.78 is 5.14. The van der Waals surface area contributed by atoms with Gasteiger partial charge in [-0.2, -0.15) is 0 Å². The van der Waals surface area contributed by atoms with Crippen LogP contribution in [0.1, 0.15) is 41.3 Å². The van der Waals surface area contributed by atoms with E-state index in [4.69, 9.17) is 4.74 Å². The molecule has 2 aromatic rings. The molecule has 1 aliphatic heterocycles. The molecule has 0 aromatic heterocycles. The minimum Gasteiger partial charge on any atom is -0.497 e. The smallest absolute Gasteiger partial charge is 0.255 e. The Balaban J connectivity index is 1.67. The zero-order valence-corrected chi connectivity index (χ0v) is 15.2. The van der Waals surface area contributed by atoms with E-state index in [1.165, 1.54) is 0 Å². The van der Waals surface area contributed by atoms with Crippen molar-refractivity contribution < 1.29 is 14.3 Å². The van der Waals surface area contributed by atoms with Crippen molar-refractivity contribution in [3.63, 3.8) is 0 Å². The Morgan fingerprint density at radius 1 is 1.19 bits per heavy atom. The average Bonchev–Trinajstić information content (AvgIpc) is 3.01. The van der Waals surface area contributed by atoms with Gasteiger partial charge in [-0.05, 0) is 35.7 Å². The topological polar surface area (TPSA) is 58.6 Å². The average molecular weight is 352 g/mol. The van der Waals surface area contributed by atoms with Gasteiger partial charge in [0.05, 0.1) is 7.11 Å². The summed E-state index contributed by atoms with van der Waals surface area (Å²) in [6.07, 6.45) is 1.48. The van der Waals surface area contributed by atoms with Crippen LogP contribution in [0.5, 0.6) is 5.75 Å². The quantitative estimate of drug-likeness (QED) is 0.833. The number of amides is 2. The molecule has 0 aliphatic carbocycles. The van der Waals surface area contributed by atoms with Crippen LogP contribution in [0.4, 0.5) is 0 Å². The summed E-state index contributed by atoms with van der Waals surface area (Å²) in [6.45, 7) is 2.95. The fourth-order valence-electron chi connectivity index (χ4n) is 3.28. The molecule has 0 saturated carbocycles. The third kappa shape index (κ3) is 3.72. The largest absolute Gasteiger partial charge is 0.497 e. The number of benzene rings is 2. The molecule has 0 saturated heterocycles. The van der Waals surface area contributed by atoms with Gasteiger partial charge >= 0.3 is 0 Å². The molecule has 2 aromatic carbocycles.